The number of carbonyl (C=O) groups excluding carboxylic acids is 1. The number of nitrogens with zero attached hydrogens (tertiary/aromatic N) is 1. The van der Waals surface area contributed by atoms with E-state index >= 15 is 0 Å². The van der Waals surface area contributed by atoms with Gasteiger partial charge in [-0.05, 0) is 37.3 Å². The molecule has 0 bridgehead atoms. The fraction of sp³-hybridized carbons (Fsp3) is 0.588. The third-order valence-electron chi connectivity index (χ3n) is 4.77. The first-order valence-electron chi connectivity index (χ1n) is 7.89. The second-order valence-electron chi connectivity index (χ2n) is 6.19. The summed E-state index contributed by atoms with van der Waals surface area (Å²) in [5, 5.41) is 0. The number of benzene rings is 1. The molecule has 2 N–H and O–H groups in total. The average molecular weight is 288 g/mol. The number of aryl methyl sites for hydroxylation is 1. The standard InChI is InChI=1S/C17H24N2O2/c1-12-4-2-3-5-15(12)13-8-9-19(11-13)17(20)16-7-6-14(10-18)21-16/h2-5,13-14,16H,6-11,18H2,1H3/t13?,14-,16+/m1/s1. The van der Waals surface area contributed by atoms with Crippen LogP contribution in [0, 0.1) is 6.92 Å². The lowest BCUT2D eigenvalue weighted by Crippen LogP contribution is -2.38. The van der Waals surface area contributed by atoms with Gasteiger partial charge in [0.1, 0.15) is 6.10 Å². The van der Waals surface area contributed by atoms with Crippen molar-refractivity contribution in [2.75, 3.05) is 19.6 Å². The van der Waals surface area contributed by atoms with Crippen molar-refractivity contribution < 1.29 is 9.53 Å². The summed E-state index contributed by atoms with van der Waals surface area (Å²) in [4.78, 5) is 14.5. The van der Waals surface area contributed by atoms with Crippen molar-refractivity contribution >= 4 is 5.91 Å². The molecule has 1 aromatic rings. The van der Waals surface area contributed by atoms with Gasteiger partial charge in [0.15, 0.2) is 0 Å². The van der Waals surface area contributed by atoms with E-state index in [2.05, 4.69) is 31.2 Å². The molecular formula is C17H24N2O2. The maximum atomic E-state index is 12.5. The first-order valence-corrected chi connectivity index (χ1v) is 7.89. The average Bonchev–Trinajstić information content (AvgIpc) is 3.16. The molecular weight excluding hydrogens is 264 g/mol. The smallest absolute Gasteiger partial charge is 0.251 e. The largest absolute Gasteiger partial charge is 0.364 e. The first kappa shape index (κ1) is 14.5. The SMILES string of the molecule is Cc1ccccc1C1CCN(C(=O)[C@@H]2CC[C@H](CN)O2)C1. The van der Waals surface area contributed by atoms with Crippen molar-refractivity contribution in [1.82, 2.24) is 4.90 Å². The third kappa shape index (κ3) is 2.97. The van der Waals surface area contributed by atoms with Gasteiger partial charge in [0.25, 0.3) is 5.91 Å². The predicted molar refractivity (Wildman–Crippen MR) is 82.1 cm³/mol. The highest BCUT2D eigenvalue weighted by Gasteiger charge is 2.36. The van der Waals surface area contributed by atoms with Crippen molar-refractivity contribution in [1.29, 1.82) is 0 Å². The van der Waals surface area contributed by atoms with Gasteiger partial charge in [-0.2, -0.15) is 0 Å². The molecule has 3 atom stereocenters. The van der Waals surface area contributed by atoms with Crippen LogP contribution in [-0.4, -0.2) is 42.6 Å². The van der Waals surface area contributed by atoms with Crippen molar-refractivity contribution in [3.05, 3.63) is 35.4 Å². The second-order valence-corrected chi connectivity index (χ2v) is 6.19. The van der Waals surface area contributed by atoms with Crippen LogP contribution in [0.1, 0.15) is 36.3 Å². The summed E-state index contributed by atoms with van der Waals surface area (Å²) < 4.78 is 5.73. The number of rotatable bonds is 3. The quantitative estimate of drug-likeness (QED) is 0.923. The summed E-state index contributed by atoms with van der Waals surface area (Å²) in [5.74, 6) is 0.615. The Morgan fingerprint density at radius 2 is 2.14 bits per heavy atom. The van der Waals surface area contributed by atoms with Crippen LogP contribution in [0.25, 0.3) is 0 Å². The van der Waals surface area contributed by atoms with E-state index in [0.717, 1.165) is 32.4 Å². The molecule has 1 aromatic carbocycles. The van der Waals surface area contributed by atoms with Gasteiger partial charge in [0, 0.05) is 25.6 Å². The zero-order valence-electron chi connectivity index (χ0n) is 12.6. The summed E-state index contributed by atoms with van der Waals surface area (Å²) in [6, 6.07) is 8.48. The first-order chi connectivity index (χ1) is 10.2. The van der Waals surface area contributed by atoms with E-state index in [1.54, 1.807) is 0 Å². The van der Waals surface area contributed by atoms with Gasteiger partial charge in [0.2, 0.25) is 0 Å². The van der Waals surface area contributed by atoms with E-state index in [9.17, 15) is 4.79 Å². The van der Waals surface area contributed by atoms with E-state index in [-0.39, 0.29) is 18.1 Å². The Labute approximate surface area is 126 Å². The summed E-state index contributed by atoms with van der Waals surface area (Å²) in [6.45, 7) is 4.31. The number of hydrogen-bond donors (Lipinski definition) is 1. The second kappa shape index (κ2) is 6.16. The minimum Gasteiger partial charge on any atom is -0.364 e. The maximum Gasteiger partial charge on any atom is 0.251 e. The molecule has 21 heavy (non-hydrogen) atoms. The summed E-state index contributed by atoms with van der Waals surface area (Å²) in [5.41, 5.74) is 8.31. The molecule has 1 amide bonds. The molecule has 2 saturated heterocycles. The molecule has 0 spiro atoms. The Balaban J connectivity index is 1.62. The zero-order valence-corrected chi connectivity index (χ0v) is 12.6. The van der Waals surface area contributed by atoms with Crippen molar-refractivity contribution in [2.24, 2.45) is 5.73 Å². The van der Waals surface area contributed by atoms with Gasteiger partial charge >= 0.3 is 0 Å². The van der Waals surface area contributed by atoms with Gasteiger partial charge in [0.05, 0.1) is 6.10 Å². The molecule has 0 radical (unpaired) electrons. The van der Waals surface area contributed by atoms with E-state index in [1.165, 1.54) is 11.1 Å². The van der Waals surface area contributed by atoms with Crippen LogP contribution in [0.5, 0.6) is 0 Å². The van der Waals surface area contributed by atoms with Crippen LogP contribution >= 0.6 is 0 Å². The van der Waals surface area contributed by atoms with Crippen LogP contribution in [0.4, 0.5) is 0 Å². The van der Waals surface area contributed by atoms with Crippen LogP contribution in [-0.2, 0) is 9.53 Å². The highest BCUT2D eigenvalue weighted by Crippen LogP contribution is 2.31. The van der Waals surface area contributed by atoms with E-state index in [4.69, 9.17) is 10.5 Å². The predicted octanol–water partition coefficient (Wildman–Crippen LogP) is 1.82. The molecule has 2 aliphatic heterocycles. The lowest BCUT2D eigenvalue weighted by molar-refractivity contribution is -0.141. The van der Waals surface area contributed by atoms with E-state index in [0.29, 0.717) is 12.5 Å². The molecule has 3 rings (SSSR count). The van der Waals surface area contributed by atoms with Crippen LogP contribution in [0.2, 0.25) is 0 Å². The van der Waals surface area contributed by atoms with Crippen LogP contribution in [0.3, 0.4) is 0 Å². The van der Waals surface area contributed by atoms with Gasteiger partial charge < -0.3 is 15.4 Å². The third-order valence-corrected chi connectivity index (χ3v) is 4.77. The Hall–Kier alpha value is -1.39. The molecule has 1 unspecified atom stereocenters. The number of hydrogen-bond acceptors (Lipinski definition) is 3. The Morgan fingerprint density at radius 3 is 2.86 bits per heavy atom. The number of carbonyl (C=O) groups is 1. The van der Waals surface area contributed by atoms with Crippen molar-refractivity contribution in [3.8, 4) is 0 Å². The zero-order chi connectivity index (χ0) is 14.8. The summed E-state index contributed by atoms with van der Waals surface area (Å²) in [7, 11) is 0. The van der Waals surface area contributed by atoms with Crippen LogP contribution < -0.4 is 5.73 Å². The molecule has 2 heterocycles. The number of nitrogens with two attached hydrogens (primary N) is 1. The van der Waals surface area contributed by atoms with Crippen molar-refractivity contribution in [3.63, 3.8) is 0 Å². The molecule has 4 nitrogen and oxygen atoms in total. The Kier molecular flexibility index (Phi) is 4.27. The highest BCUT2D eigenvalue weighted by atomic mass is 16.5. The van der Waals surface area contributed by atoms with E-state index in [1.807, 2.05) is 4.90 Å². The lowest BCUT2D eigenvalue weighted by Gasteiger charge is -2.21. The molecule has 2 fully saturated rings. The summed E-state index contributed by atoms with van der Waals surface area (Å²) in [6.07, 6.45) is 2.56. The Bertz CT molecular complexity index is 517. The minimum absolute atomic E-state index is 0.0636. The molecule has 114 valence electrons. The normalized spacial score (nSPS) is 29.0. The van der Waals surface area contributed by atoms with Gasteiger partial charge in [-0.1, -0.05) is 24.3 Å². The number of likely N-dealkylation sites (tertiary alicyclic amines) is 1. The topological polar surface area (TPSA) is 55.6 Å². The van der Waals surface area contributed by atoms with Crippen molar-refractivity contribution in [2.45, 2.75) is 44.3 Å². The highest BCUT2D eigenvalue weighted by molar-refractivity contribution is 5.81. The van der Waals surface area contributed by atoms with Gasteiger partial charge in [-0.3, -0.25) is 4.79 Å². The monoisotopic (exact) mass is 288 g/mol. The molecule has 0 saturated carbocycles. The van der Waals surface area contributed by atoms with E-state index < -0.39 is 0 Å². The minimum atomic E-state index is -0.269. The summed E-state index contributed by atoms with van der Waals surface area (Å²) >= 11 is 0. The fourth-order valence-corrected chi connectivity index (χ4v) is 3.52. The molecule has 0 aliphatic carbocycles. The Morgan fingerprint density at radius 1 is 1.33 bits per heavy atom. The number of amides is 1. The fourth-order valence-electron chi connectivity index (χ4n) is 3.52. The molecule has 2 aliphatic rings. The molecule has 0 aromatic heterocycles. The van der Waals surface area contributed by atoms with Gasteiger partial charge in [-0.15, -0.1) is 0 Å². The van der Waals surface area contributed by atoms with Crippen LogP contribution in [0.15, 0.2) is 24.3 Å². The number of ether oxygens (including phenoxy) is 1. The molecule has 4 heteroatoms. The maximum absolute atomic E-state index is 12.5. The lowest BCUT2D eigenvalue weighted by atomic mass is 9.94. The van der Waals surface area contributed by atoms with Gasteiger partial charge in [-0.25, -0.2) is 0 Å².